The summed E-state index contributed by atoms with van der Waals surface area (Å²) in [6.07, 6.45) is 4.29. The first-order valence-electron chi connectivity index (χ1n) is 11.9. The zero-order chi connectivity index (χ0) is 24.8. The number of carbonyl (C=O) groups excluding carboxylic acids is 2. The van der Waals surface area contributed by atoms with Crippen LogP contribution in [0.15, 0.2) is 53.1 Å². The van der Waals surface area contributed by atoms with Crippen molar-refractivity contribution in [3.05, 3.63) is 70.0 Å². The van der Waals surface area contributed by atoms with Crippen LogP contribution >= 0.6 is 23.2 Å². The van der Waals surface area contributed by atoms with E-state index in [0.717, 1.165) is 37.7 Å². The Labute approximate surface area is 215 Å². The normalized spacial score (nSPS) is 15.7. The molecule has 1 atom stereocenters. The molecule has 0 saturated carbocycles. The van der Waals surface area contributed by atoms with Crippen LogP contribution in [0.2, 0.25) is 10.0 Å². The lowest BCUT2D eigenvalue weighted by atomic mass is 10.0. The van der Waals surface area contributed by atoms with Crippen molar-refractivity contribution >= 4 is 35.0 Å². The second kappa shape index (κ2) is 11.7. The van der Waals surface area contributed by atoms with Crippen molar-refractivity contribution in [2.24, 2.45) is 0 Å². The highest BCUT2D eigenvalue weighted by Crippen LogP contribution is 2.32. The Balaban J connectivity index is 1.52. The van der Waals surface area contributed by atoms with E-state index >= 15 is 0 Å². The molecule has 0 aliphatic carbocycles. The highest BCUT2D eigenvalue weighted by atomic mass is 35.5. The van der Waals surface area contributed by atoms with Crippen molar-refractivity contribution in [3.8, 4) is 11.4 Å². The Morgan fingerprint density at radius 1 is 1.11 bits per heavy atom. The van der Waals surface area contributed by atoms with E-state index < -0.39 is 0 Å². The fraction of sp³-hybridized carbons (Fsp3) is 0.385. The van der Waals surface area contributed by atoms with Gasteiger partial charge in [0.05, 0.1) is 0 Å². The first kappa shape index (κ1) is 25.2. The van der Waals surface area contributed by atoms with Crippen molar-refractivity contribution in [1.29, 1.82) is 0 Å². The summed E-state index contributed by atoms with van der Waals surface area (Å²) < 4.78 is 5.59. The van der Waals surface area contributed by atoms with Crippen LogP contribution in [0.5, 0.6) is 0 Å². The lowest BCUT2D eigenvalue weighted by Crippen LogP contribution is -2.46. The molecular formula is C26H28Cl2N4O3. The van der Waals surface area contributed by atoms with Gasteiger partial charge in [0.15, 0.2) is 0 Å². The van der Waals surface area contributed by atoms with Crippen LogP contribution in [0.3, 0.4) is 0 Å². The lowest BCUT2D eigenvalue weighted by Gasteiger charge is -2.35. The van der Waals surface area contributed by atoms with E-state index in [4.69, 9.17) is 27.7 Å². The molecule has 1 aromatic heterocycles. The molecule has 35 heavy (non-hydrogen) atoms. The molecule has 2 aromatic carbocycles. The number of aromatic nitrogens is 2. The van der Waals surface area contributed by atoms with Gasteiger partial charge in [0.2, 0.25) is 17.6 Å². The third-order valence-corrected chi connectivity index (χ3v) is 6.61. The quantitative estimate of drug-likeness (QED) is 0.366. The number of nitrogens with zero attached hydrogens (tertiary/aromatic N) is 4. The molecular weight excluding hydrogens is 487 g/mol. The fourth-order valence-corrected chi connectivity index (χ4v) is 4.55. The van der Waals surface area contributed by atoms with Crippen LogP contribution in [-0.2, 0) is 4.79 Å². The highest BCUT2D eigenvalue weighted by Gasteiger charge is 2.33. The van der Waals surface area contributed by atoms with Gasteiger partial charge >= 0.3 is 0 Å². The van der Waals surface area contributed by atoms with Gasteiger partial charge in [0, 0.05) is 34.3 Å². The zero-order valence-electron chi connectivity index (χ0n) is 19.6. The molecule has 2 amide bonds. The second-order valence-corrected chi connectivity index (χ2v) is 9.53. The number of hydrogen-bond acceptors (Lipinski definition) is 5. The van der Waals surface area contributed by atoms with Crippen LogP contribution in [0, 0.1) is 0 Å². The van der Waals surface area contributed by atoms with Crippen molar-refractivity contribution in [1.82, 2.24) is 19.9 Å². The van der Waals surface area contributed by atoms with Gasteiger partial charge < -0.3 is 14.3 Å². The molecule has 0 N–H and O–H groups in total. The molecule has 7 nitrogen and oxygen atoms in total. The van der Waals surface area contributed by atoms with E-state index in [1.807, 2.05) is 12.1 Å². The molecule has 1 aliphatic heterocycles. The van der Waals surface area contributed by atoms with Crippen LogP contribution in [0.4, 0.5) is 0 Å². The van der Waals surface area contributed by atoms with E-state index in [0.29, 0.717) is 40.4 Å². The molecule has 1 fully saturated rings. The summed E-state index contributed by atoms with van der Waals surface area (Å²) in [5.74, 6) is 0.522. The molecule has 184 valence electrons. The first-order chi connectivity index (χ1) is 17.0. The van der Waals surface area contributed by atoms with E-state index in [2.05, 4.69) is 17.1 Å². The average molecular weight is 515 g/mol. The van der Waals surface area contributed by atoms with Gasteiger partial charge in [-0.25, -0.2) is 0 Å². The van der Waals surface area contributed by atoms with Crippen molar-refractivity contribution in [2.45, 2.75) is 45.1 Å². The predicted molar refractivity (Wildman–Crippen MR) is 135 cm³/mol. The summed E-state index contributed by atoms with van der Waals surface area (Å²) in [6.45, 7) is 3.13. The number of hydrogen-bond donors (Lipinski definition) is 0. The SMILES string of the molecule is CCCCN(CC(=O)N1CCCCC1c1nc(-c2cccc(Cl)c2)no1)C(=O)c1ccc(Cl)cc1. The van der Waals surface area contributed by atoms with E-state index in [9.17, 15) is 9.59 Å². The van der Waals surface area contributed by atoms with Gasteiger partial charge in [-0.3, -0.25) is 9.59 Å². The molecule has 1 saturated heterocycles. The maximum absolute atomic E-state index is 13.5. The minimum absolute atomic E-state index is 0.00670. The molecule has 1 unspecified atom stereocenters. The number of benzene rings is 2. The third-order valence-electron chi connectivity index (χ3n) is 6.12. The van der Waals surface area contributed by atoms with E-state index in [1.165, 1.54) is 0 Å². The smallest absolute Gasteiger partial charge is 0.254 e. The Bertz CT molecular complexity index is 1170. The summed E-state index contributed by atoms with van der Waals surface area (Å²) >= 11 is 12.1. The molecule has 4 rings (SSSR count). The van der Waals surface area contributed by atoms with Crippen LogP contribution in [0.1, 0.15) is 61.3 Å². The molecule has 2 heterocycles. The molecule has 9 heteroatoms. The first-order valence-corrected chi connectivity index (χ1v) is 12.7. The topological polar surface area (TPSA) is 79.5 Å². The molecule has 0 bridgehead atoms. The fourth-order valence-electron chi connectivity index (χ4n) is 4.23. The molecule has 3 aromatic rings. The second-order valence-electron chi connectivity index (χ2n) is 8.65. The molecule has 0 radical (unpaired) electrons. The highest BCUT2D eigenvalue weighted by molar-refractivity contribution is 6.31. The Hall–Kier alpha value is -2.90. The number of amides is 2. The van der Waals surface area contributed by atoms with Crippen LogP contribution < -0.4 is 0 Å². The number of halogens is 2. The predicted octanol–water partition coefficient (Wildman–Crippen LogP) is 6.04. The maximum atomic E-state index is 13.5. The lowest BCUT2D eigenvalue weighted by molar-refractivity contribution is -0.136. The van der Waals surface area contributed by atoms with Gasteiger partial charge in [0.1, 0.15) is 12.6 Å². The average Bonchev–Trinajstić information content (AvgIpc) is 3.37. The Morgan fingerprint density at radius 3 is 2.66 bits per heavy atom. The molecule has 0 spiro atoms. The van der Waals surface area contributed by atoms with Crippen molar-refractivity contribution < 1.29 is 14.1 Å². The minimum Gasteiger partial charge on any atom is -0.337 e. The van der Waals surface area contributed by atoms with Gasteiger partial charge in [-0.05, 0) is 62.1 Å². The third kappa shape index (κ3) is 6.21. The Kier molecular flexibility index (Phi) is 8.42. The number of piperidine rings is 1. The van der Waals surface area contributed by atoms with Crippen LogP contribution in [0.25, 0.3) is 11.4 Å². The number of rotatable bonds is 8. The van der Waals surface area contributed by atoms with Crippen molar-refractivity contribution in [2.75, 3.05) is 19.6 Å². The van der Waals surface area contributed by atoms with Gasteiger partial charge in [0.25, 0.3) is 5.91 Å². The number of likely N-dealkylation sites (tertiary alicyclic amines) is 1. The monoisotopic (exact) mass is 514 g/mol. The summed E-state index contributed by atoms with van der Waals surface area (Å²) in [5.41, 5.74) is 1.26. The molecule has 1 aliphatic rings. The zero-order valence-corrected chi connectivity index (χ0v) is 21.1. The largest absolute Gasteiger partial charge is 0.337 e. The summed E-state index contributed by atoms with van der Waals surface area (Å²) in [5, 5.41) is 5.26. The Morgan fingerprint density at radius 2 is 1.91 bits per heavy atom. The van der Waals surface area contributed by atoms with Crippen LogP contribution in [-0.4, -0.2) is 51.4 Å². The summed E-state index contributed by atoms with van der Waals surface area (Å²) in [7, 11) is 0. The number of carbonyl (C=O) groups is 2. The van der Waals surface area contributed by atoms with E-state index in [-0.39, 0.29) is 24.4 Å². The van der Waals surface area contributed by atoms with Gasteiger partial charge in [-0.1, -0.05) is 53.8 Å². The standard InChI is InChI=1S/C26H28Cl2N4O3/c1-2-3-14-31(26(34)18-10-12-20(27)13-11-18)17-23(33)32-15-5-4-9-22(32)25-29-24(30-35-25)19-7-6-8-21(28)16-19/h6-8,10-13,16,22H,2-5,9,14-15,17H2,1H3. The maximum Gasteiger partial charge on any atom is 0.254 e. The summed E-state index contributed by atoms with van der Waals surface area (Å²) in [4.78, 5) is 34.6. The van der Waals surface area contributed by atoms with Crippen molar-refractivity contribution in [3.63, 3.8) is 0 Å². The van der Waals surface area contributed by atoms with E-state index in [1.54, 1.807) is 46.2 Å². The summed E-state index contributed by atoms with van der Waals surface area (Å²) in [6, 6.07) is 13.7. The minimum atomic E-state index is -0.324. The van der Waals surface area contributed by atoms with Gasteiger partial charge in [-0.2, -0.15) is 4.98 Å². The number of unbranched alkanes of at least 4 members (excludes halogenated alkanes) is 1. The van der Waals surface area contributed by atoms with Gasteiger partial charge in [-0.15, -0.1) is 0 Å².